The second-order valence-corrected chi connectivity index (χ2v) is 11.7. The molecule has 5 nitrogen and oxygen atoms in total. The van der Waals surface area contributed by atoms with Gasteiger partial charge in [0.1, 0.15) is 16.5 Å². The highest BCUT2D eigenvalue weighted by Crippen LogP contribution is 2.41. The van der Waals surface area contributed by atoms with Gasteiger partial charge in [-0.25, -0.2) is 9.97 Å². The molecule has 2 fully saturated rings. The first kappa shape index (κ1) is 22.1. The second kappa shape index (κ2) is 9.28. The van der Waals surface area contributed by atoms with Crippen LogP contribution in [-0.2, 0) is 17.6 Å². The van der Waals surface area contributed by atoms with E-state index in [0.717, 1.165) is 68.9 Å². The van der Waals surface area contributed by atoms with Gasteiger partial charge < -0.3 is 9.80 Å². The summed E-state index contributed by atoms with van der Waals surface area (Å²) in [4.78, 5) is 30.1. The molecule has 32 heavy (non-hydrogen) atoms. The summed E-state index contributed by atoms with van der Waals surface area (Å²) in [5.41, 5.74) is 1.50. The van der Waals surface area contributed by atoms with Gasteiger partial charge in [-0.05, 0) is 43.1 Å². The number of hydrogen-bond acceptors (Lipinski definition) is 5. The van der Waals surface area contributed by atoms with E-state index < -0.39 is 0 Å². The molecule has 2 aliphatic carbocycles. The first-order valence-corrected chi connectivity index (χ1v) is 13.7. The van der Waals surface area contributed by atoms with Gasteiger partial charge in [-0.2, -0.15) is 0 Å². The molecule has 0 unspecified atom stereocenters. The molecule has 1 aliphatic heterocycles. The maximum absolute atomic E-state index is 12.8. The molecule has 0 aromatic carbocycles. The molecule has 0 spiro atoms. The summed E-state index contributed by atoms with van der Waals surface area (Å²) < 4.78 is 0. The number of aromatic nitrogens is 2. The lowest BCUT2D eigenvalue weighted by Gasteiger charge is -2.36. The van der Waals surface area contributed by atoms with Gasteiger partial charge in [0.25, 0.3) is 0 Å². The average Bonchev–Trinajstić information content (AvgIpc) is 3.44. The normalized spacial score (nSPS) is 22.2. The first-order chi connectivity index (χ1) is 15.5. The summed E-state index contributed by atoms with van der Waals surface area (Å²) in [6.45, 7) is 10.1. The van der Waals surface area contributed by atoms with Crippen molar-refractivity contribution in [1.29, 1.82) is 0 Å². The van der Waals surface area contributed by atoms with Gasteiger partial charge in [-0.15, -0.1) is 11.3 Å². The Balaban J connectivity index is 1.33. The molecule has 5 rings (SSSR count). The van der Waals surface area contributed by atoms with Crippen LogP contribution in [0.25, 0.3) is 10.2 Å². The third-order valence-electron chi connectivity index (χ3n) is 7.84. The molecular formula is C26H38N4OS. The van der Waals surface area contributed by atoms with Crippen molar-refractivity contribution in [3.8, 4) is 0 Å². The van der Waals surface area contributed by atoms with E-state index in [0.29, 0.717) is 11.8 Å². The van der Waals surface area contributed by atoms with Gasteiger partial charge in [0, 0.05) is 43.4 Å². The maximum atomic E-state index is 12.8. The van der Waals surface area contributed by atoms with E-state index in [9.17, 15) is 4.79 Å². The number of fused-ring (bicyclic) bond motifs is 3. The zero-order valence-corrected chi connectivity index (χ0v) is 20.8. The fourth-order valence-corrected chi connectivity index (χ4v) is 7.16. The molecule has 1 atom stereocenters. The number of hydrogen-bond donors (Lipinski definition) is 0. The highest BCUT2D eigenvalue weighted by Gasteiger charge is 2.29. The van der Waals surface area contributed by atoms with Crippen molar-refractivity contribution in [3.63, 3.8) is 0 Å². The van der Waals surface area contributed by atoms with Crippen LogP contribution in [0.15, 0.2) is 0 Å². The third-order valence-corrected chi connectivity index (χ3v) is 8.99. The maximum Gasteiger partial charge on any atom is 0.222 e. The number of thiophene rings is 1. The molecule has 6 heteroatoms. The van der Waals surface area contributed by atoms with Gasteiger partial charge in [0.05, 0.1) is 5.39 Å². The molecule has 0 bridgehead atoms. The van der Waals surface area contributed by atoms with Crippen molar-refractivity contribution < 1.29 is 4.79 Å². The van der Waals surface area contributed by atoms with Crippen LogP contribution in [0.3, 0.4) is 0 Å². The Hall–Kier alpha value is -1.69. The Morgan fingerprint density at radius 1 is 1.09 bits per heavy atom. The number of rotatable bonds is 5. The Labute approximate surface area is 196 Å². The number of carbonyl (C=O) groups is 1. The van der Waals surface area contributed by atoms with Gasteiger partial charge in [-0.1, -0.05) is 46.5 Å². The van der Waals surface area contributed by atoms with Gasteiger partial charge in [-0.3, -0.25) is 4.79 Å². The quantitative estimate of drug-likeness (QED) is 0.594. The number of piperazine rings is 1. The summed E-state index contributed by atoms with van der Waals surface area (Å²) in [7, 11) is 0. The molecular weight excluding hydrogens is 416 g/mol. The highest BCUT2D eigenvalue weighted by molar-refractivity contribution is 7.19. The lowest BCUT2D eigenvalue weighted by molar-refractivity contribution is -0.131. The van der Waals surface area contributed by atoms with Crippen LogP contribution in [0.4, 0.5) is 5.82 Å². The number of nitrogens with zero attached hydrogens (tertiary/aromatic N) is 4. The number of amides is 1. The summed E-state index contributed by atoms with van der Waals surface area (Å²) in [6, 6.07) is 0. The molecule has 0 N–H and O–H groups in total. The van der Waals surface area contributed by atoms with E-state index >= 15 is 0 Å². The fourth-order valence-electron chi connectivity index (χ4n) is 5.78. The summed E-state index contributed by atoms with van der Waals surface area (Å²) in [5.74, 6) is 4.30. The van der Waals surface area contributed by atoms with Crippen molar-refractivity contribution in [3.05, 3.63) is 16.3 Å². The van der Waals surface area contributed by atoms with Crippen molar-refractivity contribution in [2.45, 2.75) is 84.5 Å². The van der Waals surface area contributed by atoms with Crippen LogP contribution in [0.1, 0.15) is 87.9 Å². The smallest absolute Gasteiger partial charge is 0.222 e. The minimum atomic E-state index is 0.314. The van der Waals surface area contributed by atoms with E-state index in [4.69, 9.17) is 9.97 Å². The second-order valence-electron chi connectivity index (χ2n) is 10.6. The Morgan fingerprint density at radius 2 is 1.84 bits per heavy atom. The monoisotopic (exact) mass is 454 g/mol. The van der Waals surface area contributed by atoms with Crippen molar-refractivity contribution in [1.82, 2.24) is 14.9 Å². The van der Waals surface area contributed by atoms with Gasteiger partial charge >= 0.3 is 0 Å². The van der Waals surface area contributed by atoms with E-state index in [2.05, 4.69) is 30.6 Å². The molecule has 3 aliphatic rings. The lowest BCUT2D eigenvalue weighted by Crippen LogP contribution is -2.49. The minimum Gasteiger partial charge on any atom is -0.352 e. The van der Waals surface area contributed by atoms with E-state index in [-0.39, 0.29) is 0 Å². The van der Waals surface area contributed by atoms with Crippen LogP contribution < -0.4 is 4.90 Å². The molecule has 1 saturated heterocycles. The molecule has 3 heterocycles. The van der Waals surface area contributed by atoms with E-state index in [1.165, 1.54) is 59.2 Å². The highest BCUT2D eigenvalue weighted by atomic mass is 32.1. The van der Waals surface area contributed by atoms with Crippen LogP contribution >= 0.6 is 11.3 Å². The molecule has 2 aromatic rings. The van der Waals surface area contributed by atoms with Crippen LogP contribution in [0.2, 0.25) is 0 Å². The largest absolute Gasteiger partial charge is 0.352 e. The zero-order chi connectivity index (χ0) is 22.2. The predicted molar refractivity (Wildman–Crippen MR) is 133 cm³/mol. The van der Waals surface area contributed by atoms with Gasteiger partial charge in [0.2, 0.25) is 5.91 Å². The molecule has 174 valence electrons. The number of carbonyl (C=O) groups excluding carboxylic acids is 1. The minimum absolute atomic E-state index is 0.314. The Bertz CT molecular complexity index is 970. The van der Waals surface area contributed by atoms with Crippen LogP contribution in [-0.4, -0.2) is 47.0 Å². The van der Waals surface area contributed by atoms with Crippen molar-refractivity contribution in [2.75, 3.05) is 31.1 Å². The molecule has 1 saturated carbocycles. The molecule has 1 amide bonds. The van der Waals surface area contributed by atoms with E-state index in [1.54, 1.807) is 0 Å². The first-order valence-electron chi connectivity index (χ1n) is 12.8. The number of anilines is 1. The summed E-state index contributed by atoms with van der Waals surface area (Å²) in [5, 5.41) is 1.31. The summed E-state index contributed by atoms with van der Waals surface area (Å²) in [6.07, 6.45) is 10.8. The molecule has 2 aromatic heterocycles. The van der Waals surface area contributed by atoms with Crippen molar-refractivity contribution in [2.24, 2.45) is 11.8 Å². The van der Waals surface area contributed by atoms with Gasteiger partial charge in [0.15, 0.2) is 0 Å². The lowest BCUT2D eigenvalue weighted by atomic mass is 9.89. The SMILES string of the molecule is CC(C)c1nc(N2CCN(C(=O)CCC3CCCC3)CC2)c2c3c(sc2n1)C[C@H](C)CC3. The fraction of sp³-hybridized carbons (Fsp3) is 0.731. The molecule has 0 radical (unpaired) electrons. The van der Waals surface area contributed by atoms with Crippen LogP contribution in [0, 0.1) is 11.8 Å². The topological polar surface area (TPSA) is 49.3 Å². The Morgan fingerprint density at radius 3 is 2.56 bits per heavy atom. The summed E-state index contributed by atoms with van der Waals surface area (Å²) >= 11 is 1.89. The van der Waals surface area contributed by atoms with Crippen LogP contribution in [0.5, 0.6) is 0 Å². The predicted octanol–water partition coefficient (Wildman–Crippen LogP) is 5.56. The van der Waals surface area contributed by atoms with Crippen molar-refractivity contribution >= 4 is 33.3 Å². The van der Waals surface area contributed by atoms with E-state index in [1.807, 2.05) is 11.3 Å². The standard InChI is InChI=1S/C26H38N4OS/c1-17(2)24-27-25(23-20-10-8-18(3)16-21(20)32-26(23)28-24)30-14-12-29(13-15-30)22(31)11-9-19-6-4-5-7-19/h17-19H,4-16H2,1-3H3/t18-/m1/s1. The third kappa shape index (κ3) is 4.40. The number of aryl methyl sites for hydroxylation is 1. The average molecular weight is 455 g/mol. The Kier molecular flexibility index (Phi) is 6.42. The zero-order valence-electron chi connectivity index (χ0n) is 20.0.